The first-order valence-electron chi connectivity index (χ1n) is 10.5. The van der Waals surface area contributed by atoms with Crippen molar-refractivity contribution >= 4 is 33.0 Å². The lowest BCUT2D eigenvalue weighted by Crippen LogP contribution is -2.33. The van der Waals surface area contributed by atoms with E-state index in [9.17, 15) is 13.2 Å². The van der Waals surface area contributed by atoms with E-state index < -0.39 is 10.0 Å². The van der Waals surface area contributed by atoms with Gasteiger partial charge in [-0.3, -0.25) is 9.52 Å². The maximum absolute atomic E-state index is 13.1. The topological polar surface area (TPSA) is 83.8 Å². The standard InChI is InChI=1S/C24H20N4O3S/c29-23-9-6-17-13-20(14-18-10-12-28(23)24(17)18)32(30,31)26-19-7-4-16(5-8-19)21-15-27-11-2-1-3-22(27)25-21/h1-5,7-8,11,13-15,26H,6,9-10,12H2. The van der Waals surface area contributed by atoms with Crippen LogP contribution >= 0.6 is 0 Å². The monoisotopic (exact) mass is 444 g/mol. The van der Waals surface area contributed by atoms with Crippen molar-refractivity contribution in [3.8, 4) is 11.3 Å². The van der Waals surface area contributed by atoms with Gasteiger partial charge in [0.15, 0.2) is 0 Å². The molecule has 0 saturated heterocycles. The fourth-order valence-corrected chi connectivity index (χ4v) is 5.74. The van der Waals surface area contributed by atoms with Gasteiger partial charge >= 0.3 is 0 Å². The number of pyridine rings is 1. The number of benzene rings is 2. The third kappa shape index (κ3) is 3.06. The Hall–Kier alpha value is -3.65. The Labute approximate surface area is 185 Å². The van der Waals surface area contributed by atoms with Gasteiger partial charge in [-0.1, -0.05) is 18.2 Å². The summed E-state index contributed by atoms with van der Waals surface area (Å²) in [5.74, 6) is 0.121. The third-order valence-electron chi connectivity index (χ3n) is 6.13. The molecule has 4 heterocycles. The highest BCUT2D eigenvalue weighted by Crippen LogP contribution is 2.38. The van der Waals surface area contributed by atoms with E-state index >= 15 is 0 Å². The van der Waals surface area contributed by atoms with E-state index in [1.807, 2.05) is 47.1 Å². The third-order valence-corrected chi connectivity index (χ3v) is 7.49. The zero-order valence-electron chi connectivity index (χ0n) is 17.2. The summed E-state index contributed by atoms with van der Waals surface area (Å²) in [6.45, 7) is 0.628. The summed E-state index contributed by atoms with van der Waals surface area (Å²) >= 11 is 0. The number of aromatic nitrogens is 2. The van der Waals surface area contributed by atoms with Gasteiger partial charge in [0.1, 0.15) is 5.65 Å². The van der Waals surface area contributed by atoms with Crippen LogP contribution in [-0.2, 0) is 27.7 Å². The quantitative estimate of drug-likeness (QED) is 0.521. The number of aryl methyl sites for hydroxylation is 1. The van der Waals surface area contributed by atoms with Gasteiger partial charge in [0.25, 0.3) is 10.0 Å². The summed E-state index contributed by atoms with van der Waals surface area (Å²) in [6, 6.07) is 16.4. The fourth-order valence-electron chi connectivity index (χ4n) is 4.58. The maximum Gasteiger partial charge on any atom is 0.261 e. The summed E-state index contributed by atoms with van der Waals surface area (Å²) in [7, 11) is -3.75. The second-order valence-corrected chi connectivity index (χ2v) is 9.84. The number of rotatable bonds is 4. The molecular formula is C24H20N4O3S. The first-order valence-corrected chi connectivity index (χ1v) is 12.0. The molecule has 8 heteroatoms. The molecule has 2 aliphatic rings. The Balaban J connectivity index is 1.28. The average molecular weight is 445 g/mol. The normalized spacial score (nSPS) is 15.2. The number of amides is 1. The molecule has 0 atom stereocenters. The SMILES string of the molecule is O=C1CCc2cc(S(=O)(=O)Nc3ccc(-c4cn5ccccc5n4)cc3)cc3c2N1CC3. The molecule has 0 aliphatic carbocycles. The van der Waals surface area contributed by atoms with Crippen molar-refractivity contribution in [1.82, 2.24) is 9.38 Å². The number of anilines is 2. The van der Waals surface area contributed by atoms with Crippen LogP contribution in [0.1, 0.15) is 17.5 Å². The highest BCUT2D eigenvalue weighted by Gasteiger charge is 2.32. The second-order valence-electron chi connectivity index (χ2n) is 8.16. The molecule has 0 spiro atoms. The van der Waals surface area contributed by atoms with Crippen LogP contribution < -0.4 is 9.62 Å². The number of fused-ring (bicyclic) bond motifs is 1. The van der Waals surface area contributed by atoms with Crippen molar-refractivity contribution in [3.05, 3.63) is 78.1 Å². The molecule has 160 valence electrons. The van der Waals surface area contributed by atoms with Crippen LogP contribution in [0.4, 0.5) is 11.4 Å². The predicted octanol–water partition coefficient (Wildman–Crippen LogP) is 3.64. The lowest BCUT2D eigenvalue weighted by atomic mass is 10.00. The largest absolute Gasteiger partial charge is 0.312 e. The number of imidazole rings is 1. The smallest absolute Gasteiger partial charge is 0.261 e. The molecule has 7 nitrogen and oxygen atoms in total. The van der Waals surface area contributed by atoms with E-state index in [2.05, 4.69) is 9.71 Å². The van der Waals surface area contributed by atoms with E-state index in [1.54, 1.807) is 29.2 Å². The number of nitrogens with zero attached hydrogens (tertiary/aromatic N) is 3. The molecule has 0 saturated carbocycles. The average Bonchev–Trinajstić information content (AvgIpc) is 3.42. The number of sulfonamides is 1. The van der Waals surface area contributed by atoms with Gasteiger partial charge in [0.2, 0.25) is 5.91 Å². The molecule has 4 aromatic rings. The molecule has 0 unspecified atom stereocenters. The van der Waals surface area contributed by atoms with Crippen molar-refractivity contribution in [2.45, 2.75) is 24.2 Å². The zero-order valence-corrected chi connectivity index (χ0v) is 18.0. The number of hydrogen-bond acceptors (Lipinski definition) is 4. The molecule has 0 radical (unpaired) electrons. The van der Waals surface area contributed by atoms with Crippen LogP contribution in [0.25, 0.3) is 16.9 Å². The molecule has 2 aromatic carbocycles. The van der Waals surface area contributed by atoms with Gasteiger partial charge in [-0.15, -0.1) is 0 Å². The Morgan fingerprint density at radius 1 is 0.938 bits per heavy atom. The van der Waals surface area contributed by atoms with E-state index in [0.717, 1.165) is 33.7 Å². The molecule has 2 aromatic heterocycles. The van der Waals surface area contributed by atoms with Crippen LogP contribution in [0.3, 0.4) is 0 Å². The van der Waals surface area contributed by atoms with Crippen LogP contribution in [0, 0.1) is 0 Å². The second kappa shape index (κ2) is 6.93. The van der Waals surface area contributed by atoms with E-state index in [1.165, 1.54) is 0 Å². The van der Waals surface area contributed by atoms with Gasteiger partial charge in [0.05, 0.1) is 16.3 Å². The van der Waals surface area contributed by atoms with Crippen LogP contribution in [0.5, 0.6) is 0 Å². The summed E-state index contributed by atoms with van der Waals surface area (Å²) in [6.07, 6.45) is 5.57. The van der Waals surface area contributed by atoms with Gasteiger partial charge in [-0.25, -0.2) is 13.4 Å². The fraction of sp³-hybridized carbons (Fsp3) is 0.167. The summed E-state index contributed by atoms with van der Waals surface area (Å²) < 4.78 is 30.8. The van der Waals surface area contributed by atoms with Gasteiger partial charge in [-0.2, -0.15) is 0 Å². The van der Waals surface area contributed by atoms with Gasteiger partial charge in [0, 0.05) is 36.6 Å². The highest BCUT2D eigenvalue weighted by atomic mass is 32.2. The lowest BCUT2D eigenvalue weighted by Gasteiger charge is -2.25. The number of carbonyl (C=O) groups is 1. The minimum Gasteiger partial charge on any atom is -0.312 e. The Kier molecular flexibility index (Phi) is 4.13. The van der Waals surface area contributed by atoms with Crippen molar-refractivity contribution < 1.29 is 13.2 Å². The van der Waals surface area contributed by atoms with Crippen molar-refractivity contribution in [2.24, 2.45) is 0 Å². The van der Waals surface area contributed by atoms with Crippen LogP contribution in [-0.4, -0.2) is 30.3 Å². The van der Waals surface area contributed by atoms with Crippen molar-refractivity contribution in [2.75, 3.05) is 16.2 Å². The Bertz CT molecular complexity index is 1460. The zero-order chi connectivity index (χ0) is 21.9. The molecule has 0 bridgehead atoms. The summed E-state index contributed by atoms with van der Waals surface area (Å²) in [5.41, 5.74) is 5.85. The van der Waals surface area contributed by atoms with Crippen molar-refractivity contribution in [1.29, 1.82) is 0 Å². The molecule has 1 amide bonds. The highest BCUT2D eigenvalue weighted by molar-refractivity contribution is 7.92. The van der Waals surface area contributed by atoms with E-state index in [0.29, 0.717) is 31.5 Å². The molecule has 0 fully saturated rings. The first kappa shape index (κ1) is 19.1. The Morgan fingerprint density at radius 3 is 2.50 bits per heavy atom. The van der Waals surface area contributed by atoms with Crippen molar-refractivity contribution in [3.63, 3.8) is 0 Å². The molecule has 1 N–H and O–H groups in total. The van der Waals surface area contributed by atoms with Gasteiger partial charge < -0.3 is 9.30 Å². The van der Waals surface area contributed by atoms with E-state index in [-0.39, 0.29) is 10.8 Å². The number of nitrogens with one attached hydrogen (secondary N) is 1. The van der Waals surface area contributed by atoms with Gasteiger partial charge in [-0.05, 0) is 60.4 Å². The lowest BCUT2D eigenvalue weighted by molar-refractivity contribution is -0.118. The summed E-state index contributed by atoms with van der Waals surface area (Å²) in [4.78, 5) is 18.7. The molecule has 2 aliphatic heterocycles. The van der Waals surface area contributed by atoms with E-state index in [4.69, 9.17) is 0 Å². The minimum absolute atomic E-state index is 0.121. The minimum atomic E-state index is -3.75. The number of hydrogen-bond donors (Lipinski definition) is 1. The molecular weight excluding hydrogens is 424 g/mol. The number of carbonyl (C=O) groups excluding carboxylic acids is 1. The maximum atomic E-state index is 13.1. The molecule has 32 heavy (non-hydrogen) atoms. The Morgan fingerprint density at radius 2 is 1.72 bits per heavy atom. The van der Waals surface area contributed by atoms with Crippen LogP contribution in [0.2, 0.25) is 0 Å². The summed E-state index contributed by atoms with van der Waals surface area (Å²) in [5, 5.41) is 0. The van der Waals surface area contributed by atoms with Crippen LogP contribution in [0.15, 0.2) is 71.9 Å². The molecule has 6 rings (SSSR count). The first-order chi connectivity index (χ1) is 15.5. The predicted molar refractivity (Wildman–Crippen MR) is 122 cm³/mol.